The van der Waals surface area contributed by atoms with Crippen LogP contribution in [-0.2, 0) is 21.1 Å². The van der Waals surface area contributed by atoms with E-state index >= 15 is 0 Å². The van der Waals surface area contributed by atoms with Crippen LogP contribution in [0.25, 0.3) is 33.8 Å². The second kappa shape index (κ2) is 15.0. The van der Waals surface area contributed by atoms with Crippen molar-refractivity contribution in [2.24, 2.45) is 0 Å². The van der Waals surface area contributed by atoms with Gasteiger partial charge in [-0.3, -0.25) is 0 Å². The van der Waals surface area contributed by atoms with Crippen LogP contribution in [0.4, 0.5) is 0 Å². The summed E-state index contributed by atoms with van der Waals surface area (Å²) < 4.78 is 0. The number of aromatic nitrogens is 6. The molecule has 3 heterocycles. The van der Waals surface area contributed by atoms with E-state index in [1.165, 1.54) is 0 Å². The van der Waals surface area contributed by atoms with Crippen molar-refractivity contribution >= 4 is 0 Å². The molecule has 0 unspecified atom stereocenters. The quantitative estimate of drug-likeness (QED) is 0.266. The van der Waals surface area contributed by atoms with Gasteiger partial charge in [0.25, 0.3) is 0 Å². The molecule has 0 aliphatic rings. The van der Waals surface area contributed by atoms with E-state index in [-0.39, 0.29) is 28.5 Å². The molecule has 0 bridgehead atoms. The van der Waals surface area contributed by atoms with Crippen LogP contribution in [0.15, 0.2) is 128 Å². The monoisotopic (exact) mass is 543 g/mol. The molecule has 1 radical (unpaired) electrons. The third-order valence-corrected chi connectivity index (χ3v) is 4.60. The molecule has 3 aromatic carbocycles. The SMILES string of the molecule is C.[Mo+3].c1ccc(-c2cc[n-]n2)cc1.c1ccc(-c2cc[n-]n2)cc1.c1ccc(-c2cc[n-]n2)cc1. The fourth-order valence-electron chi connectivity index (χ4n) is 2.99. The van der Waals surface area contributed by atoms with E-state index in [9.17, 15) is 0 Å². The maximum atomic E-state index is 3.94. The first-order valence-electron chi connectivity index (χ1n) is 10.4. The molecule has 0 saturated carbocycles. The van der Waals surface area contributed by atoms with Crippen molar-refractivity contribution in [2.45, 2.75) is 7.43 Å². The maximum Gasteiger partial charge on any atom is 3.00 e. The van der Waals surface area contributed by atoms with Crippen molar-refractivity contribution in [3.63, 3.8) is 0 Å². The van der Waals surface area contributed by atoms with Crippen LogP contribution < -0.4 is 15.3 Å². The Kier molecular flexibility index (Phi) is 11.7. The summed E-state index contributed by atoms with van der Waals surface area (Å²) in [6.45, 7) is 0. The van der Waals surface area contributed by atoms with Crippen LogP contribution in [-0.4, -0.2) is 15.3 Å². The Morgan fingerprint density at radius 2 is 0.629 bits per heavy atom. The average molecular weight is 541 g/mol. The first-order chi connectivity index (χ1) is 16.4. The van der Waals surface area contributed by atoms with Gasteiger partial charge in [-0.05, 0) is 16.7 Å². The van der Waals surface area contributed by atoms with E-state index in [1.54, 1.807) is 18.6 Å². The van der Waals surface area contributed by atoms with Gasteiger partial charge in [-0.1, -0.05) is 117 Å². The zero-order chi connectivity index (χ0) is 22.6. The Balaban J connectivity index is 0.000000180. The van der Waals surface area contributed by atoms with Crippen LogP contribution in [0.2, 0.25) is 0 Å². The van der Waals surface area contributed by atoms with E-state index in [1.807, 2.05) is 109 Å². The van der Waals surface area contributed by atoms with Gasteiger partial charge >= 0.3 is 21.1 Å². The van der Waals surface area contributed by atoms with Crippen LogP contribution in [0.5, 0.6) is 0 Å². The zero-order valence-electron chi connectivity index (χ0n) is 18.2. The van der Waals surface area contributed by atoms with Gasteiger partial charge < -0.3 is 30.6 Å². The van der Waals surface area contributed by atoms with Crippen molar-refractivity contribution in [1.29, 1.82) is 0 Å². The summed E-state index contributed by atoms with van der Waals surface area (Å²) in [6.07, 6.45) is 5.09. The minimum atomic E-state index is 0. The molecule has 0 saturated heterocycles. The minimum Gasteiger partial charge on any atom is -0.581 e. The summed E-state index contributed by atoms with van der Waals surface area (Å²) in [5.41, 5.74) is 6.15. The second-order valence-corrected chi connectivity index (χ2v) is 6.85. The summed E-state index contributed by atoms with van der Waals surface area (Å²) in [6, 6.07) is 35.7. The Hall–Kier alpha value is -4.02. The van der Waals surface area contributed by atoms with Crippen molar-refractivity contribution < 1.29 is 21.1 Å². The molecule has 7 heteroatoms. The number of benzene rings is 3. The van der Waals surface area contributed by atoms with Crippen LogP contribution in [0, 0.1) is 0 Å². The van der Waals surface area contributed by atoms with Crippen molar-refractivity contribution in [3.05, 3.63) is 128 Å². The van der Waals surface area contributed by atoms with Gasteiger partial charge in [-0.2, -0.15) is 18.6 Å². The molecule has 35 heavy (non-hydrogen) atoms. The minimum absolute atomic E-state index is 0. The molecular weight excluding hydrogens is 516 g/mol. The molecule has 0 aliphatic heterocycles. The first kappa shape index (κ1) is 27.2. The molecule has 6 aromatic rings. The van der Waals surface area contributed by atoms with E-state index in [2.05, 4.69) is 30.6 Å². The molecule has 3 aromatic heterocycles. The van der Waals surface area contributed by atoms with Gasteiger partial charge in [0.1, 0.15) is 0 Å². The summed E-state index contributed by atoms with van der Waals surface area (Å²) in [5.74, 6) is 0. The summed E-state index contributed by atoms with van der Waals surface area (Å²) in [4.78, 5) is 0. The fraction of sp³-hybridized carbons (Fsp3) is 0.0357. The van der Waals surface area contributed by atoms with Gasteiger partial charge in [-0.15, -0.1) is 0 Å². The summed E-state index contributed by atoms with van der Waals surface area (Å²) in [7, 11) is 0. The zero-order valence-corrected chi connectivity index (χ0v) is 20.2. The Bertz CT molecular complexity index is 1100. The predicted octanol–water partition coefficient (Wildman–Crippen LogP) is 5.75. The number of hydrogen-bond donors (Lipinski definition) is 0. The van der Waals surface area contributed by atoms with Crippen LogP contribution in [0.1, 0.15) is 7.43 Å². The number of nitrogens with zero attached hydrogens (tertiary/aromatic N) is 6. The second-order valence-electron chi connectivity index (χ2n) is 6.85. The van der Waals surface area contributed by atoms with Gasteiger partial charge in [-0.25, -0.2) is 0 Å². The largest absolute Gasteiger partial charge is 3.00 e. The molecule has 0 aliphatic carbocycles. The van der Waals surface area contributed by atoms with E-state index in [4.69, 9.17) is 0 Å². The Labute approximate surface area is 220 Å². The number of rotatable bonds is 3. The number of hydrogen-bond acceptors (Lipinski definition) is 3. The summed E-state index contributed by atoms with van der Waals surface area (Å²) >= 11 is 0. The molecule has 0 fully saturated rings. The van der Waals surface area contributed by atoms with Crippen molar-refractivity contribution in [3.8, 4) is 33.8 Å². The van der Waals surface area contributed by atoms with E-state index < -0.39 is 0 Å². The molecule has 0 amide bonds. The normalized spacial score (nSPS) is 9.26. The maximum absolute atomic E-state index is 3.94. The van der Waals surface area contributed by atoms with E-state index in [0.717, 1.165) is 33.8 Å². The Morgan fingerprint density at radius 3 is 0.829 bits per heavy atom. The summed E-state index contributed by atoms with van der Waals surface area (Å²) in [5, 5.41) is 23.1. The fourth-order valence-corrected chi connectivity index (χ4v) is 2.99. The molecule has 0 spiro atoms. The predicted molar refractivity (Wildman–Crippen MR) is 136 cm³/mol. The van der Waals surface area contributed by atoms with Gasteiger partial charge in [0, 0.05) is 17.1 Å². The average Bonchev–Trinajstić information content (AvgIpc) is 3.70. The van der Waals surface area contributed by atoms with Gasteiger partial charge in [0.2, 0.25) is 0 Å². The van der Waals surface area contributed by atoms with E-state index in [0.29, 0.717) is 0 Å². The smallest absolute Gasteiger partial charge is 0.581 e. The molecular formula is C28H25MoN6. The standard InChI is InChI=1S/3C9H7N2.CH4.Mo/c3*1-2-4-8(5-3-1)9-6-7-10-11-9;;/h3*1-7H;1H4;/q3*-1;;+3. The van der Waals surface area contributed by atoms with Crippen molar-refractivity contribution in [2.75, 3.05) is 0 Å². The Morgan fingerprint density at radius 1 is 0.371 bits per heavy atom. The molecule has 0 N–H and O–H groups in total. The van der Waals surface area contributed by atoms with Crippen LogP contribution >= 0.6 is 0 Å². The third-order valence-electron chi connectivity index (χ3n) is 4.60. The molecule has 6 nitrogen and oxygen atoms in total. The van der Waals surface area contributed by atoms with Gasteiger partial charge in [0.15, 0.2) is 0 Å². The molecule has 0 atom stereocenters. The van der Waals surface area contributed by atoms with Gasteiger partial charge in [0.05, 0.1) is 0 Å². The first-order valence-corrected chi connectivity index (χ1v) is 10.4. The van der Waals surface area contributed by atoms with Crippen molar-refractivity contribution in [1.82, 2.24) is 30.6 Å². The van der Waals surface area contributed by atoms with Crippen LogP contribution in [0.3, 0.4) is 0 Å². The molecule has 173 valence electrons. The topological polar surface area (TPSA) is 81.0 Å². The molecule has 6 rings (SSSR count). The third kappa shape index (κ3) is 8.36.